The number of carbonyl (C=O) groups excluding carboxylic acids is 2. The van der Waals surface area contributed by atoms with Crippen LogP contribution in [0.2, 0.25) is 0 Å². The fourth-order valence-electron chi connectivity index (χ4n) is 2.71. The minimum absolute atomic E-state index is 0.0623. The molecular weight excluding hydrogens is 332 g/mol. The van der Waals surface area contributed by atoms with Gasteiger partial charge in [0.05, 0.1) is 0 Å². The second kappa shape index (κ2) is 9.47. The third-order valence-corrected chi connectivity index (χ3v) is 5.00. The number of carbonyl (C=O) groups is 2. The second-order valence-electron chi connectivity index (χ2n) is 6.40. The Labute approximate surface area is 153 Å². The molecule has 134 valence electrons. The molecule has 0 heterocycles. The molecule has 4 nitrogen and oxygen atoms in total. The Hall–Kier alpha value is -2.01. The van der Waals surface area contributed by atoms with E-state index in [9.17, 15) is 9.59 Å². The molecule has 0 spiro atoms. The molecular formula is C20H26N2O2S. The first-order valence-corrected chi connectivity index (χ1v) is 9.73. The summed E-state index contributed by atoms with van der Waals surface area (Å²) in [5, 5.41) is 8.16. The number of amides is 2. The highest BCUT2D eigenvalue weighted by Crippen LogP contribution is 2.22. The van der Waals surface area contributed by atoms with Crippen LogP contribution in [0.1, 0.15) is 26.3 Å². The van der Waals surface area contributed by atoms with Crippen molar-refractivity contribution in [3.8, 4) is 0 Å². The maximum atomic E-state index is 12.2. The lowest BCUT2D eigenvalue weighted by atomic mass is 10.0. The highest BCUT2D eigenvalue weighted by molar-refractivity contribution is 7.98. The molecule has 0 aliphatic heterocycles. The number of thioether (sulfide) groups is 1. The van der Waals surface area contributed by atoms with E-state index in [-0.39, 0.29) is 17.7 Å². The zero-order chi connectivity index (χ0) is 18.2. The van der Waals surface area contributed by atoms with E-state index < -0.39 is 6.04 Å². The van der Waals surface area contributed by atoms with Crippen molar-refractivity contribution in [1.29, 1.82) is 0 Å². The van der Waals surface area contributed by atoms with E-state index in [1.807, 2.05) is 13.8 Å². The average molecular weight is 359 g/mol. The molecule has 0 bridgehead atoms. The minimum Gasteiger partial charge on any atom is -0.353 e. The number of fused-ring (bicyclic) bond motifs is 1. The van der Waals surface area contributed by atoms with Crippen LogP contribution in [0.4, 0.5) is 0 Å². The van der Waals surface area contributed by atoms with Gasteiger partial charge in [0.1, 0.15) is 6.04 Å². The van der Waals surface area contributed by atoms with Gasteiger partial charge in [-0.15, -0.1) is 0 Å². The van der Waals surface area contributed by atoms with E-state index in [1.165, 1.54) is 23.3 Å². The van der Waals surface area contributed by atoms with Gasteiger partial charge in [0.25, 0.3) is 0 Å². The van der Waals surface area contributed by atoms with Gasteiger partial charge in [-0.3, -0.25) is 9.59 Å². The van der Waals surface area contributed by atoms with Gasteiger partial charge in [-0.25, -0.2) is 0 Å². The number of hydrogen-bond donors (Lipinski definition) is 2. The van der Waals surface area contributed by atoms with Gasteiger partial charge in [-0.05, 0) is 22.3 Å². The van der Waals surface area contributed by atoms with Crippen molar-refractivity contribution in [3.63, 3.8) is 0 Å². The van der Waals surface area contributed by atoms with E-state index in [0.717, 1.165) is 11.5 Å². The van der Waals surface area contributed by atoms with Crippen LogP contribution in [0.5, 0.6) is 0 Å². The summed E-state index contributed by atoms with van der Waals surface area (Å²) >= 11 is 1.80. The number of benzene rings is 2. The topological polar surface area (TPSA) is 58.2 Å². The highest BCUT2D eigenvalue weighted by atomic mass is 32.2. The van der Waals surface area contributed by atoms with Gasteiger partial charge >= 0.3 is 0 Å². The summed E-state index contributed by atoms with van der Waals surface area (Å²) in [7, 11) is 0. The van der Waals surface area contributed by atoms with Gasteiger partial charge in [0, 0.05) is 25.0 Å². The van der Waals surface area contributed by atoms with Gasteiger partial charge in [-0.2, -0.15) is 11.8 Å². The van der Waals surface area contributed by atoms with E-state index >= 15 is 0 Å². The van der Waals surface area contributed by atoms with Crippen molar-refractivity contribution in [2.45, 2.75) is 32.6 Å². The summed E-state index contributed by atoms with van der Waals surface area (Å²) in [6.45, 7) is 5.88. The molecule has 2 amide bonds. The molecule has 1 unspecified atom stereocenters. The molecule has 2 rings (SSSR count). The summed E-state index contributed by atoms with van der Waals surface area (Å²) in [5.41, 5.74) is 1.31. The van der Waals surface area contributed by atoms with Crippen molar-refractivity contribution in [2.75, 3.05) is 12.3 Å². The smallest absolute Gasteiger partial charge is 0.242 e. The fourth-order valence-corrected chi connectivity index (χ4v) is 3.57. The Bertz CT molecular complexity index is 725. The third-order valence-electron chi connectivity index (χ3n) is 3.99. The summed E-state index contributed by atoms with van der Waals surface area (Å²) in [6, 6.07) is 14.3. The quantitative estimate of drug-likeness (QED) is 0.712. The molecule has 0 radical (unpaired) electrons. The molecule has 2 aromatic carbocycles. The number of rotatable bonds is 8. The van der Waals surface area contributed by atoms with Gasteiger partial charge in [0.15, 0.2) is 0 Å². The highest BCUT2D eigenvalue weighted by Gasteiger charge is 2.22. The Morgan fingerprint density at radius 3 is 2.52 bits per heavy atom. The first-order chi connectivity index (χ1) is 12.0. The largest absolute Gasteiger partial charge is 0.353 e. The Balaban J connectivity index is 1.79. The Kier molecular flexibility index (Phi) is 7.31. The second-order valence-corrected chi connectivity index (χ2v) is 7.51. The number of nitrogens with one attached hydrogen (secondary N) is 2. The Morgan fingerprint density at radius 1 is 1.08 bits per heavy atom. The predicted octanol–water partition coefficient (Wildman–Crippen LogP) is 3.35. The van der Waals surface area contributed by atoms with Crippen LogP contribution in [-0.4, -0.2) is 30.2 Å². The Morgan fingerprint density at radius 2 is 1.80 bits per heavy atom. The summed E-state index contributed by atoms with van der Waals surface area (Å²) in [5.74, 6) is 1.51. The third kappa shape index (κ3) is 5.78. The first-order valence-electron chi connectivity index (χ1n) is 8.58. The van der Waals surface area contributed by atoms with Crippen LogP contribution in [0.15, 0.2) is 42.5 Å². The zero-order valence-corrected chi connectivity index (χ0v) is 15.9. The molecule has 1 atom stereocenters. The summed E-state index contributed by atoms with van der Waals surface area (Å²) in [6.07, 6.45) is 0. The van der Waals surface area contributed by atoms with Gasteiger partial charge in [0.2, 0.25) is 11.8 Å². The molecule has 0 aromatic heterocycles. The molecule has 0 aliphatic rings. The van der Waals surface area contributed by atoms with Gasteiger partial charge < -0.3 is 10.6 Å². The van der Waals surface area contributed by atoms with Crippen LogP contribution >= 0.6 is 11.8 Å². The van der Waals surface area contributed by atoms with Crippen molar-refractivity contribution in [3.05, 3.63) is 48.0 Å². The van der Waals surface area contributed by atoms with Crippen molar-refractivity contribution in [2.24, 2.45) is 5.92 Å². The fraction of sp³-hybridized carbons (Fsp3) is 0.400. The van der Waals surface area contributed by atoms with Gasteiger partial charge in [-0.1, -0.05) is 56.3 Å². The molecule has 0 saturated carbocycles. The van der Waals surface area contributed by atoms with E-state index in [2.05, 4.69) is 53.1 Å². The monoisotopic (exact) mass is 358 g/mol. The zero-order valence-electron chi connectivity index (χ0n) is 15.0. The minimum atomic E-state index is -0.472. The van der Waals surface area contributed by atoms with Crippen LogP contribution in [-0.2, 0) is 15.3 Å². The molecule has 25 heavy (non-hydrogen) atoms. The lowest BCUT2D eigenvalue weighted by molar-refractivity contribution is -0.129. The van der Waals surface area contributed by atoms with Crippen LogP contribution in [0.25, 0.3) is 10.8 Å². The van der Waals surface area contributed by atoms with Crippen molar-refractivity contribution >= 4 is 34.3 Å². The van der Waals surface area contributed by atoms with E-state index in [0.29, 0.717) is 6.54 Å². The average Bonchev–Trinajstić information content (AvgIpc) is 2.59. The molecule has 2 N–H and O–H groups in total. The van der Waals surface area contributed by atoms with Crippen molar-refractivity contribution in [1.82, 2.24) is 10.6 Å². The van der Waals surface area contributed by atoms with Crippen molar-refractivity contribution < 1.29 is 9.59 Å². The first kappa shape index (κ1) is 19.3. The van der Waals surface area contributed by atoms with E-state index in [4.69, 9.17) is 0 Å². The SMILES string of the molecule is CC(=O)NC(C(=O)NCCSCc1cccc2ccccc12)C(C)C. The lowest BCUT2D eigenvalue weighted by Crippen LogP contribution is -2.49. The maximum Gasteiger partial charge on any atom is 0.242 e. The molecule has 0 fully saturated rings. The van der Waals surface area contributed by atoms with Crippen LogP contribution < -0.4 is 10.6 Å². The standard InChI is InChI=1S/C20H26N2O2S/c1-14(2)19(22-15(3)23)20(24)21-11-12-25-13-17-9-6-8-16-7-4-5-10-18(16)17/h4-10,14,19H,11-13H2,1-3H3,(H,21,24)(H,22,23). The summed E-state index contributed by atoms with van der Waals surface area (Å²) in [4.78, 5) is 23.4. The van der Waals surface area contributed by atoms with Crippen LogP contribution in [0, 0.1) is 5.92 Å². The maximum absolute atomic E-state index is 12.2. The normalized spacial score (nSPS) is 12.2. The predicted molar refractivity (Wildman–Crippen MR) is 106 cm³/mol. The summed E-state index contributed by atoms with van der Waals surface area (Å²) < 4.78 is 0. The number of hydrogen-bond acceptors (Lipinski definition) is 3. The molecule has 0 aliphatic carbocycles. The molecule has 0 saturated heterocycles. The van der Waals surface area contributed by atoms with E-state index in [1.54, 1.807) is 11.8 Å². The molecule has 5 heteroatoms. The van der Waals surface area contributed by atoms with Crippen LogP contribution in [0.3, 0.4) is 0 Å². The molecule has 2 aromatic rings. The lowest BCUT2D eigenvalue weighted by Gasteiger charge is -2.20.